The quantitative estimate of drug-likeness (QED) is 0.769. The molecular weight excluding hydrogens is 324 g/mol. The van der Waals surface area contributed by atoms with Crippen LogP contribution in [-0.4, -0.2) is 43.9 Å². The third-order valence-corrected chi connectivity index (χ3v) is 5.41. The first-order valence-electron chi connectivity index (χ1n) is 8.28. The van der Waals surface area contributed by atoms with Gasteiger partial charge in [-0.3, -0.25) is 14.5 Å². The van der Waals surface area contributed by atoms with E-state index in [4.69, 9.17) is 0 Å². The molecule has 0 bridgehead atoms. The summed E-state index contributed by atoms with van der Waals surface area (Å²) >= 11 is 1.54. The van der Waals surface area contributed by atoms with Crippen LogP contribution < -0.4 is 10.6 Å². The largest absolute Gasteiger partial charge is 0.358 e. The summed E-state index contributed by atoms with van der Waals surface area (Å²) in [7, 11) is 3.39. The molecular formula is C17H24N4O2S. The highest BCUT2D eigenvalue weighted by atomic mass is 32.1. The SMILES string of the molecule is CNC(=O)CN(C)CCC(=O)Nc1sc2c(c1C#N)CCCCC2. The Morgan fingerprint density at radius 2 is 2.00 bits per heavy atom. The molecule has 1 aromatic rings. The summed E-state index contributed by atoms with van der Waals surface area (Å²) in [6.45, 7) is 0.757. The molecule has 2 amide bonds. The number of nitrogens with zero attached hydrogens (tertiary/aromatic N) is 2. The van der Waals surface area contributed by atoms with Crippen LogP contribution in [0.2, 0.25) is 0 Å². The summed E-state index contributed by atoms with van der Waals surface area (Å²) in [5, 5.41) is 15.6. The number of likely N-dealkylation sites (N-methyl/N-ethyl adjacent to an activating group) is 2. The molecule has 1 aliphatic carbocycles. The van der Waals surface area contributed by atoms with Crippen molar-refractivity contribution in [2.24, 2.45) is 0 Å². The molecule has 1 aromatic heterocycles. The molecule has 1 heterocycles. The monoisotopic (exact) mass is 348 g/mol. The molecule has 0 aliphatic heterocycles. The average Bonchev–Trinajstić information content (AvgIpc) is 2.72. The van der Waals surface area contributed by atoms with Crippen LogP contribution in [0.5, 0.6) is 0 Å². The first-order valence-corrected chi connectivity index (χ1v) is 9.10. The fourth-order valence-electron chi connectivity index (χ4n) is 2.83. The van der Waals surface area contributed by atoms with Gasteiger partial charge in [-0.1, -0.05) is 6.42 Å². The van der Waals surface area contributed by atoms with Gasteiger partial charge in [-0.15, -0.1) is 11.3 Å². The van der Waals surface area contributed by atoms with Crippen LogP contribution >= 0.6 is 11.3 Å². The first kappa shape index (κ1) is 18.4. The van der Waals surface area contributed by atoms with Gasteiger partial charge in [-0.25, -0.2) is 0 Å². The van der Waals surface area contributed by atoms with Crippen molar-refractivity contribution in [3.8, 4) is 6.07 Å². The number of aryl methyl sites for hydroxylation is 1. The normalized spacial score (nSPS) is 13.8. The zero-order valence-electron chi connectivity index (χ0n) is 14.3. The molecule has 0 fully saturated rings. The summed E-state index contributed by atoms with van der Waals surface area (Å²) in [6, 6.07) is 2.27. The second kappa shape index (κ2) is 8.81. The maximum Gasteiger partial charge on any atom is 0.233 e. The maximum atomic E-state index is 12.2. The van der Waals surface area contributed by atoms with Crippen molar-refractivity contribution in [1.29, 1.82) is 5.26 Å². The molecule has 0 aromatic carbocycles. The van der Waals surface area contributed by atoms with E-state index in [0.29, 0.717) is 23.5 Å². The number of fused-ring (bicyclic) bond motifs is 1. The summed E-state index contributed by atoms with van der Waals surface area (Å²) in [5.41, 5.74) is 1.77. The number of nitriles is 1. The second-order valence-electron chi connectivity index (χ2n) is 6.09. The van der Waals surface area contributed by atoms with Gasteiger partial charge in [0.2, 0.25) is 11.8 Å². The minimum absolute atomic E-state index is 0.0772. The standard InChI is InChI=1S/C17H24N4O2S/c1-19-16(23)11-21(2)9-8-15(22)20-17-13(10-18)12-6-4-3-5-7-14(12)24-17/h3-9,11H2,1-2H3,(H,19,23)(H,20,22). The molecule has 2 rings (SSSR count). The summed E-state index contributed by atoms with van der Waals surface area (Å²) in [6.07, 6.45) is 5.68. The lowest BCUT2D eigenvalue weighted by molar-refractivity contribution is -0.122. The van der Waals surface area contributed by atoms with Crippen molar-refractivity contribution in [3.63, 3.8) is 0 Å². The maximum absolute atomic E-state index is 12.2. The lowest BCUT2D eigenvalue weighted by Crippen LogP contribution is -2.34. The van der Waals surface area contributed by atoms with Crippen LogP contribution in [0, 0.1) is 11.3 Å². The Morgan fingerprint density at radius 3 is 2.71 bits per heavy atom. The van der Waals surface area contributed by atoms with Crippen molar-refractivity contribution < 1.29 is 9.59 Å². The highest BCUT2D eigenvalue weighted by Gasteiger charge is 2.21. The topological polar surface area (TPSA) is 85.2 Å². The number of hydrogen-bond acceptors (Lipinski definition) is 5. The molecule has 1 aliphatic rings. The molecule has 6 nitrogen and oxygen atoms in total. The van der Waals surface area contributed by atoms with E-state index in [-0.39, 0.29) is 18.4 Å². The Balaban J connectivity index is 1.95. The minimum atomic E-state index is -0.119. The van der Waals surface area contributed by atoms with Gasteiger partial charge in [-0.05, 0) is 38.3 Å². The van der Waals surface area contributed by atoms with Crippen LogP contribution in [0.1, 0.15) is 41.7 Å². The van der Waals surface area contributed by atoms with Gasteiger partial charge in [0.25, 0.3) is 0 Å². The van der Waals surface area contributed by atoms with Crippen molar-refractivity contribution in [1.82, 2.24) is 10.2 Å². The Morgan fingerprint density at radius 1 is 1.25 bits per heavy atom. The van der Waals surface area contributed by atoms with Crippen molar-refractivity contribution in [2.75, 3.05) is 32.5 Å². The molecule has 2 N–H and O–H groups in total. The number of rotatable bonds is 6. The highest BCUT2D eigenvalue weighted by molar-refractivity contribution is 7.16. The number of thiophene rings is 1. The molecule has 130 valence electrons. The summed E-state index contributed by atoms with van der Waals surface area (Å²) < 4.78 is 0. The molecule has 0 saturated carbocycles. The van der Waals surface area contributed by atoms with E-state index in [9.17, 15) is 14.9 Å². The number of hydrogen-bond donors (Lipinski definition) is 2. The van der Waals surface area contributed by atoms with E-state index >= 15 is 0 Å². The second-order valence-corrected chi connectivity index (χ2v) is 7.19. The van der Waals surface area contributed by atoms with Crippen LogP contribution in [-0.2, 0) is 22.4 Å². The average molecular weight is 348 g/mol. The van der Waals surface area contributed by atoms with E-state index in [1.807, 2.05) is 0 Å². The fourth-order valence-corrected chi connectivity index (χ4v) is 4.09. The Hall–Kier alpha value is -1.91. The Labute approximate surface area is 146 Å². The lowest BCUT2D eigenvalue weighted by Gasteiger charge is -2.14. The predicted octanol–water partition coefficient (Wildman–Crippen LogP) is 1.90. The molecule has 0 atom stereocenters. The Bertz CT molecular complexity index is 648. The Kier molecular flexibility index (Phi) is 6.76. The zero-order valence-corrected chi connectivity index (χ0v) is 15.1. The number of amides is 2. The van der Waals surface area contributed by atoms with E-state index in [2.05, 4.69) is 16.7 Å². The van der Waals surface area contributed by atoms with Gasteiger partial charge >= 0.3 is 0 Å². The number of carbonyl (C=O) groups is 2. The molecule has 24 heavy (non-hydrogen) atoms. The van der Waals surface area contributed by atoms with Gasteiger partial charge < -0.3 is 10.6 Å². The fraction of sp³-hybridized carbons (Fsp3) is 0.588. The van der Waals surface area contributed by atoms with E-state index in [1.165, 1.54) is 11.3 Å². The van der Waals surface area contributed by atoms with Crippen LogP contribution in [0.4, 0.5) is 5.00 Å². The zero-order chi connectivity index (χ0) is 17.5. The van der Waals surface area contributed by atoms with Gasteiger partial charge in [0.1, 0.15) is 11.1 Å². The van der Waals surface area contributed by atoms with Crippen LogP contribution in [0.3, 0.4) is 0 Å². The molecule has 7 heteroatoms. The van der Waals surface area contributed by atoms with E-state index in [1.54, 1.807) is 30.3 Å². The smallest absolute Gasteiger partial charge is 0.233 e. The highest BCUT2D eigenvalue weighted by Crippen LogP contribution is 2.36. The van der Waals surface area contributed by atoms with Crippen molar-refractivity contribution in [3.05, 3.63) is 16.0 Å². The molecule has 0 radical (unpaired) electrons. The van der Waals surface area contributed by atoms with Crippen LogP contribution in [0.25, 0.3) is 0 Å². The van der Waals surface area contributed by atoms with Gasteiger partial charge in [0.05, 0.1) is 12.1 Å². The molecule has 0 spiro atoms. The van der Waals surface area contributed by atoms with Crippen molar-refractivity contribution >= 4 is 28.2 Å². The first-order chi connectivity index (χ1) is 11.5. The van der Waals surface area contributed by atoms with Gasteiger partial charge in [-0.2, -0.15) is 5.26 Å². The van der Waals surface area contributed by atoms with Gasteiger partial charge in [0, 0.05) is 24.9 Å². The number of carbonyl (C=O) groups excluding carboxylic acids is 2. The third-order valence-electron chi connectivity index (χ3n) is 4.20. The number of nitrogens with one attached hydrogen (secondary N) is 2. The van der Waals surface area contributed by atoms with Gasteiger partial charge in [0.15, 0.2) is 0 Å². The molecule has 0 saturated heterocycles. The number of anilines is 1. The van der Waals surface area contributed by atoms with E-state index in [0.717, 1.165) is 31.2 Å². The van der Waals surface area contributed by atoms with Crippen molar-refractivity contribution in [2.45, 2.75) is 38.5 Å². The van der Waals surface area contributed by atoms with Crippen LogP contribution in [0.15, 0.2) is 0 Å². The predicted molar refractivity (Wildman–Crippen MR) is 95.1 cm³/mol. The molecule has 0 unspecified atom stereocenters. The third kappa shape index (κ3) is 4.79. The summed E-state index contributed by atoms with van der Waals surface area (Å²) in [5.74, 6) is -0.196. The minimum Gasteiger partial charge on any atom is -0.358 e. The summed E-state index contributed by atoms with van der Waals surface area (Å²) in [4.78, 5) is 26.5. The van der Waals surface area contributed by atoms with E-state index < -0.39 is 0 Å². The lowest BCUT2D eigenvalue weighted by atomic mass is 10.1.